The fourth-order valence-electron chi connectivity index (χ4n) is 2.33. The van der Waals surface area contributed by atoms with Crippen LogP contribution in [-0.4, -0.2) is 30.8 Å². The normalized spacial score (nSPS) is 19.2. The van der Waals surface area contributed by atoms with E-state index < -0.39 is 30.0 Å². The second-order valence-corrected chi connectivity index (χ2v) is 7.08. The molecule has 2 rings (SSSR count). The Morgan fingerprint density at radius 2 is 1.80 bits per heavy atom. The highest BCUT2D eigenvalue weighted by Crippen LogP contribution is 2.39. The van der Waals surface area contributed by atoms with Gasteiger partial charge in [0.05, 0.1) is 16.9 Å². The van der Waals surface area contributed by atoms with Crippen molar-refractivity contribution in [1.82, 2.24) is 5.32 Å². The number of nitrogens with one attached hydrogen (secondary N) is 1. The van der Waals surface area contributed by atoms with Crippen LogP contribution in [0.25, 0.3) is 6.08 Å². The van der Waals surface area contributed by atoms with Crippen molar-refractivity contribution in [2.24, 2.45) is 0 Å². The van der Waals surface area contributed by atoms with Crippen LogP contribution in [0.5, 0.6) is 0 Å². The second kappa shape index (κ2) is 6.76. The van der Waals surface area contributed by atoms with Gasteiger partial charge in [-0.3, -0.25) is 4.79 Å². The van der Waals surface area contributed by atoms with Crippen LogP contribution in [0.4, 0.5) is 14.5 Å². The Bertz CT molecular complexity index is 704. The number of halogens is 2. The van der Waals surface area contributed by atoms with Crippen molar-refractivity contribution < 1.29 is 22.9 Å². The summed E-state index contributed by atoms with van der Waals surface area (Å²) in [5, 5.41) is 2.61. The molecule has 0 unspecified atom stereocenters. The molecule has 1 aliphatic heterocycles. The molecule has 25 heavy (non-hydrogen) atoms. The Balaban J connectivity index is 2.44. The highest BCUT2D eigenvalue weighted by Gasteiger charge is 2.52. The van der Waals surface area contributed by atoms with Gasteiger partial charge in [-0.25, -0.2) is 8.78 Å². The van der Waals surface area contributed by atoms with Crippen molar-refractivity contribution >= 4 is 24.8 Å². The van der Waals surface area contributed by atoms with E-state index in [9.17, 15) is 13.6 Å². The molecule has 1 aromatic carbocycles. The largest absolute Gasteiger partial charge is 0.492 e. The maximum Gasteiger partial charge on any atom is 0.492 e. The quantitative estimate of drug-likeness (QED) is 0.646. The van der Waals surface area contributed by atoms with E-state index in [2.05, 4.69) is 5.32 Å². The van der Waals surface area contributed by atoms with Crippen LogP contribution in [0.15, 0.2) is 17.6 Å². The second-order valence-electron chi connectivity index (χ2n) is 7.08. The lowest BCUT2D eigenvalue weighted by Crippen LogP contribution is -2.41. The molecule has 136 valence electrons. The van der Waals surface area contributed by atoms with E-state index in [1.54, 1.807) is 0 Å². The standard InChI is InChI=1S/C17H23BF2N2O3/c1-10(23)22-9-11(18-24-16(2,3)17(4,5)25-18)8-12-13(19)6-7-14(21)15(12)20/h6-8H,9,21H2,1-5H3,(H,22,23). The van der Waals surface area contributed by atoms with Gasteiger partial charge in [-0.1, -0.05) is 6.08 Å². The van der Waals surface area contributed by atoms with Crippen LogP contribution in [0, 0.1) is 11.6 Å². The van der Waals surface area contributed by atoms with E-state index >= 15 is 0 Å². The van der Waals surface area contributed by atoms with Gasteiger partial charge in [0.25, 0.3) is 0 Å². The van der Waals surface area contributed by atoms with Crippen molar-refractivity contribution in [3.63, 3.8) is 0 Å². The first-order valence-corrected chi connectivity index (χ1v) is 7.98. The maximum atomic E-state index is 14.2. The molecule has 0 spiro atoms. The molecule has 0 aromatic heterocycles. The van der Waals surface area contributed by atoms with E-state index in [-0.39, 0.29) is 23.7 Å². The molecule has 0 aliphatic carbocycles. The number of benzene rings is 1. The van der Waals surface area contributed by atoms with Gasteiger partial charge in [-0.15, -0.1) is 0 Å². The number of rotatable bonds is 4. The summed E-state index contributed by atoms with van der Waals surface area (Å²) in [7, 11) is -0.850. The van der Waals surface area contributed by atoms with Gasteiger partial charge < -0.3 is 20.4 Å². The number of nitrogens with two attached hydrogens (primary N) is 1. The highest BCUT2D eigenvalue weighted by molar-refractivity contribution is 6.56. The molecule has 8 heteroatoms. The van der Waals surface area contributed by atoms with Crippen molar-refractivity contribution in [2.45, 2.75) is 45.8 Å². The number of hydrogen-bond donors (Lipinski definition) is 2. The predicted octanol–water partition coefficient (Wildman–Crippen LogP) is 2.70. The minimum Gasteiger partial charge on any atom is -0.400 e. The van der Waals surface area contributed by atoms with Crippen molar-refractivity contribution in [2.75, 3.05) is 12.3 Å². The number of amides is 1. The summed E-state index contributed by atoms with van der Waals surface area (Å²) in [6, 6.07) is 2.24. The summed E-state index contributed by atoms with van der Waals surface area (Å²) >= 11 is 0. The van der Waals surface area contributed by atoms with Crippen LogP contribution in [0.2, 0.25) is 0 Å². The Morgan fingerprint density at radius 1 is 1.24 bits per heavy atom. The number of carbonyl (C=O) groups is 1. The van der Waals surface area contributed by atoms with Crippen LogP contribution < -0.4 is 11.1 Å². The van der Waals surface area contributed by atoms with E-state index in [0.717, 1.165) is 12.1 Å². The summed E-state index contributed by atoms with van der Waals surface area (Å²) in [6.45, 7) is 8.84. The lowest BCUT2D eigenvalue weighted by atomic mass is 9.76. The fraction of sp³-hybridized carbons (Fsp3) is 0.471. The molecule has 1 saturated heterocycles. The third-order valence-electron chi connectivity index (χ3n) is 4.58. The van der Waals surface area contributed by atoms with Gasteiger partial charge in [-0.05, 0) is 45.3 Å². The third kappa shape index (κ3) is 4.01. The molecular formula is C17H23BF2N2O3. The molecule has 5 nitrogen and oxygen atoms in total. The number of nitrogen functional groups attached to an aromatic ring is 1. The minimum atomic E-state index is -0.864. The Kier molecular flexibility index (Phi) is 5.25. The molecule has 3 N–H and O–H groups in total. The molecule has 1 fully saturated rings. The number of anilines is 1. The highest BCUT2D eigenvalue weighted by atomic mass is 19.1. The van der Waals surface area contributed by atoms with Crippen LogP contribution in [0.3, 0.4) is 0 Å². The molecule has 0 radical (unpaired) electrons. The molecule has 1 aromatic rings. The summed E-state index contributed by atoms with van der Waals surface area (Å²) in [4.78, 5) is 11.3. The van der Waals surface area contributed by atoms with Crippen molar-refractivity contribution in [1.29, 1.82) is 0 Å². The van der Waals surface area contributed by atoms with Gasteiger partial charge in [0.1, 0.15) is 5.82 Å². The SMILES string of the molecule is CC(=O)NCC(=Cc1c(F)ccc(N)c1F)B1OC(C)(C)C(C)(C)O1. The lowest BCUT2D eigenvalue weighted by molar-refractivity contribution is -0.118. The minimum absolute atomic E-state index is 0.0276. The van der Waals surface area contributed by atoms with Crippen molar-refractivity contribution in [3.8, 4) is 0 Å². The van der Waals surface area contributed by atoms with E-state index in [0.29, 0.717) is 5.47 Å². The number of carbonyl (C=O) groups excluding carboxylic acids is 1. The molecule has 0 bridgehead atoms. The average Bonchev–Trinajstić information content (AvgIpc) is 2.70. The van der Waals surface area contributed by atoms with Gasteiger partial charge in [0.2, 0.25) is 5.91 Å². The Morgan fingerprint density at radius 3 is 2.32 bits per heavy atom. The maximum absolute atomic E-state index is 14.2. The Labute approximate surface area is 146 Å². The first-order valence-electron chi connectivity index (χ1n) is 7.98. The van der Waals surface area contributed by atoms with Gasteiger partial charge in [0, 0.05) is 19.0 Å². The average molecular weight is 352 g/mol. The summed E-state index contributed by atoms with van der Waals surface area (Å²) in [6.07, 6.45) is 1.28. The smallest absolute Gasteiger partial charge is 0.400 e. The first-order chi connectivity index (χ1) is 11.4. The molecule has 0 atom stereocenters. The summed E-state index contributed by atoms with van der Waals surface area (Å²) in [5.41, 5.74) is 4.20. The molecule has 0 saturated carbocycles. The predicted molar refractivity (Wildman–Crippen MR) is 93.5 cm³/mol. The zero-order valence-electron chi connectivity index (χ0n) is 15.1. The molecular weight excluding hydrogens is 329 g/mol. The Hall–Kier alpha value is -1.93. The van der Waals surface area contributed by atoms with Crippen LogP contribution in [-0.2, 0) is 14.1 Å². The summed E-state index contributed by atoms with van der Waals surface area (Å²) < 4.78 is 40.2. The van der Waals surface area contributed by atoms with Crippen LogP contribution in [0.1, 0.15) is 40.2 Å². The zero-order valence-corrected chi connectivity index (χ0v) is 15.1. The first kappa shape index (κ1) is 19.4. The number of hydrogen-bond acceptors (Lipinski definition) is 4. The fourth-order valence-corrected chi connectivity index (χ4v) is 2.33. The lowest BCUT2D eigenvalue weighted by Gasteiger charge is -2.32. The van der Waals surface area contributed by atoms with Crippen LogP contribution >= 0.6 is 0 Å². The molecule has 1 aliphatic rings. The van der Waals surface area contributed by atoms with E-state index in [1.165, 1.54) is 13.0 Å². The van der Waals surface area contributed by atoms with Gasteiger partial charge in [0.15, 0.2) is 5.82 Å². The van der Waals surface area contributed by atoms with Gasteiger partial charge >= 0.3 is 7.12 Å². The monoisotopic (exact) mass is 352 g/mol. The molecule has 1 heterocycles. The topological polar surface area (TPSA) is 73.6 Å². The molecule has 1 amide bonds. The van der Waals surface area contributed by atoms with E-state index in [4.69, 9.17) is 15.0 Å². The zero-order chi connectivity index (χ0) is 19.0. The van der Waals surface area contributed by atoms with Gasteiger partial charge in [-0.2, -0.15) is 0 Å². The summed E-state index contributed by atoms with van der Waals surface area (Å²) in [5.74, 6) is -1.91. The third-order valence-corrected chi connectivity index (χ3v) is 4.58. The van der Waals surface area contributed by atoms with E-state index in [1.807, 2.05) is 27.7 Å². The van der Waals surface area contributed by atoms with Crippen molar-refractivity contribution in [3.05, 3.63) is 34.8 Å².